The van der Waals surface area contributed by atoms with E-state index in [9.17, 15) is 0 Å². The third-order valence-electron chi connectivity index (χ3n) is 3.38. The molecule has 2 heterocycles. The SMILES string of the molecule is COc1ccc2c(N[C@H](C)c3cc(Br)cs3)nc(C)nc2c1. The van der Waals surface area contributed by atoms with E-state index < -0.39 is 0 Å². The van der Waals surface area contributed by atoms with Crippen LogP contribution in [0.25, 0.3) is 10.9 Å². The molecule has 3 rings (SSSR count). The zero-order valence-electron chi connectivity index (χ0n) is 12.6. The molecular weight excluding hydrogens is 362 g/mol. The minimum Gasteiger partial charge on any atom is -0.497 e. The van der Waals surface area contributed by atoms with Crippen molar-refractivity contribution in [3.8, 4) is 5.75 Å². The van der Waals surface area contributed by atoms with E-state index in [4.69, 9.17) is 4.74 Å². The lowest BCUT2D eigenvalue weighted by Gasteiger charge is -2.15. The van der Waals surface area contributed by atoms with Crippen molar-refractivity contribution in [2.45, 2.75) is 19.9 Å². The highest BCUT2D eigenvalue weighted by molar-refractivity contribution is 9.10. The topological polar surface area (TPSA) is 47.0 Å². The number of benzene rings is 1. The summed E-state index contributed by atoms with van der Waals surface area (Å²) in [7, 11) is 1.66. The van der Waals surface area contributed by atoms with Crippen LogP contribution in [0.1, 0.15) is 23.7 Å². The van der Waals surface area contributed by atoms with Gasteiger partial charge in [-0.2, -0.15) is 0 Å². The molecule has 0 saturated heterocycles. The largest absolute Gasteiger partial charge is 0.497 e. The van der Waals surface area contributed by atoms with Crippen molar-refractivity contribution >= 4 is 44.0 Å². The number of halogens is 1. The summed E-state index contributed by atoms with van der Waals surface area (Å²) in [5.41, 5.74) is 0.883. The first kappa shape index (κ1) is 15.2. The van der Waals surface area contributed by atoms with Gasteiger partial charge in [0, 0.05) is 26.2 Å². The first-order valence-corrected chi connectivity index (χ1v) is 8.57. The molecule has 0 amide bonds. The predicted octanol–water partition coefficient (Wildman–Crippen LogP) is 4.94. The Kier molecular flexibility index (Phi) is 4.31. The Hall–Kier alpha value is -1.66. The third kappa shape index (κ3) is 3.08. The zero-order chi connectivity index (χ0) is 15.7. The fourth-order valence-electron chi connectivity index (χ4n) is 2.29. The number of fused-ring (bicyclic) bond motifs is 1. The molecule has 0 aliphatic heterocycles. The highest BCUT2D eigenvalue weighted by Crippen LogP contribution is 2.30. The van der Waals surface area contributed by atoms with Crippen molar-refractivity contribution in [1.29, 1.82) is 0 Å². The highest BCUT2D eigenvalue weighted by atomic mass is 79.9. The standard InChI is InChI=1S/C16H16BrN3OS/c1-9(15-6-11(17)8-22-15)18-16-13-5-4-12(21-3)7-14(13)19-10(2)20-16/h4-9H,1-3H3,(H,18,19,20)/t9-/m1/s1. The fraction of sp³-hybridized carbons (Fsp3) is 0.250. The van der Waals surface area contributed by atoms with E-state index in [2.05, 4.69) is 49.6 Å². The van der Waals surface area contributed by atoms with E-state index in [0.29, 0.717) is 0 Å². The highest BCUT2D eigenvalue weighted by Gasteiger charge is 2.12. The molecule has 0 unspecified atom stereocenters. The zero-order valence-corrected chi connectivity index (χ0v) is 15.0. The monoisotopic (exact) mass is 377 g/mol. The fourth-order valence-corrected chi connectivity index (χ4v) is 3.75. The molecule has 4 nitrogen and oxygen atoms in total. The molecule has 22 heavy (non-hydrogen) atoms. The van der Waals surface area contributed by atoms with Crippen LogP contribution in [-0.2, 0) is 0 Å². The average Bonchev–Trinajstić information content (AvgIpc) is 2.93. The molecule has 6 heteroatoms. The molecule has 1 aromatic carbocycles. The second-order valence-electron chi connectivity index (χ2n) is 5.04. The van der Waals surface area contributed by atoms with Gasteiger partial charge < -0.3 is 10.1 Å². The van der Waals surface area contributed by atoms with Gasteiger partial charge in [0.05, 0.1) is 18.7 Å². The molecular formula is C16H16BrN3OS. The van der Waals surface area contributed by atoms with Crippen LogP contribution < -0.4 is 10.1 Å². The average molecular weight is 378 g/mol. The summed E-state index contributed by atoms with van der Waals surface area (Å²) in [6.45, 7) is 4.03. The Morgan fingerprint density at radius 3 is 2.77 bits per heavy atom. The molecule has 114 valence electrons. The van der Waals surface area contributed by atoms with Gasteiger partial charge in [0.15, 0.2) is 0 Å². The van der Waals surface area contributed by atoms with Gasteiger partial charge in [-0.15, -0.1) is 11.3 Å². The number of nitrogens with one attached hydrogen (secondary N) is 1. The molecule has 1 atom stereocenters. The van der Waals surface area contributed by atoms with Gasteiger partial charge >= 0.3 is 0 Å². The van der Waals surface area contributed by atoms with Crippen LogP contribution in [-0.4, -0.2) is 17.1 Å². The number of rotatable bonds is 4. The quantitative estimate of drug-likeness (QED) is 0.698. The Bertz CT molecular complexity index is 818. The van der Waals surface area contributed by atoms with Crippen molar-refractivity contribution in [2.24, 2.45) is 0 Å². The van der Waals surface area contributed by atoms with Gasteiger partial charge in [0.2, 0.25) is 0 Å². The van der Waals surface area contributed by atoms with Crippen molar-refractivity contribution < 1.29 is 4.74 Å². The molecule has 0 spiro atoms. The molecule has 2 aromatic heterocycles. The summed E-state index contributed by atoms with van der Waals surface area (Å²) in [5, 5.41) is 6.57. The number of ether oxygens (including phenoxy) is 1. The van der Waals surface area contributed by atoms with Gasteiger partial charge in [-0.1, -0.05) is 0 Å². The lowest BCUT2D eigenvalue weighted by atomic mass is 10.2. The summed E-state index contributed by atoms with van der Waals surface area (Å²) >= 11 is 5.22. The van der Waals surface area contributed by atoms with E-state index in [0.717, 1.165) is 32.8 Å². The van der Waals surface area contributed by atoms with Gasteiger partial charge in [-0.3, -0.25) is 0 Å². The van der Waals surface area contributed by atoms with Crippen molar-refractivity contribution in [3.63, 3.8) is 0 Å². The minimum absolute atomic E-state index is 0.177. The molecule has 0 saturated carbocycles. The maximum atomic E-state index is 5.27. The second-order valence-corrected chi connectivity index (χ2v) is 6.89. The lowest BCUT2D eigenvalue weighted by Crippen LogP contribution is -2.08. The maximum Gasteiger partial charge on any atom is 0.138 e. The number of aryl methyl sites for hydroxylation is 1. The number of nitrogens with zero attached hydrogens (tertiary/aromatic N) is 2. The van der Waals surface area contributed by atoms with Gasteiger partial charge in [0.25, 0.3) is 0 Å². The number of methoxy groups -OCH3 is 1. The number of thiophene rings is 1. The lowest BCUT2D eigenvalue weighted by molar-refractivity contribution is 0.415. The maximum absolute atomic E-state index is 5.27. The van der Waals surface area contributed by atoms with Gasteiger partial charge in [-0.05, 0) is 48.0 Å². The number of aromatic nitrogens is 2. The normalized spacial score (nSPS) is 12.4. The van der Waals surface area contributed by atoms with Crippen LogP contribution in [0.3, 0.4) is 0 Å². The molecule has 0 radical (unpaired) electrons. The molecule has 0 aliphatic rings. The number of hydrogen-bond acceptors (Lipinski definition) is 5. The van der Waals surface area contributed by atoms with Crippen molar-refractivity contribution in [2.75, 3.05) is 12.4 Å². The summed E-state index contributed by atoms with van der Waals surface area (Å²) < 4.78 is 6.38. The number of anilines is 1. The van der Waals surface area contributed by atoms with Crippen LogP contribution in [0.15, 0.2) is 34.1 Å². The Morgan fingerprint density at radius 1 is 1.27 bits per heavy atom. The Labute approximate surface area is 141 Å². The first-order chi connectivity index (χ1) is 10.6. The van der Waals surface area contributed by atoms with Crippen molar-refractivity contribution in [1.82, 2.24) is 9.97 Å². The molecule has 3 aromatic rings. The van der Waals surface area contributed by atoms with Crippen LogP contribution in [0, 0.1) is 6.92 Å². The van der Waals surface area contributed by atoms with E-state index in [-0.39, 0.29) is 6.04 Å². The molecule has 1 N–H and O–H groups in total. The van der Waals surface area contributed by atoms with E-state index in [1.54, 1.807) is 18.4 Å². The van der Waals surface area contributed by atoms with Crippen LogP contribution in [0.4, 0.5) is 5.82 Å². The first-order valence-electron chi connectivity index (χ1n) is 6.89. The summed E-state index contributed by atoms with van der Waals surface area (Å²) in [5.74, 6) is 2.39. The van der Waals surface area contributed by atoms with Crippen LogP contribution in [0.2, 0.25) is 0 Å². The summed E-state index contributed by atoms with van der Waals surface area (Å²) in [6, 6.07) is 8.16. The smallest absolute Gasteiger partial charge is 0.138 e. The van der Waals surface area contributed by atoms with E-state index in [1.807, 2.05) is 25.1 Å². The Morgan fingerprint density at radius 2 is 2.09 bits per heavy atom. The van der Waals surface area contributed by atoms with E-state index in [1.165, 1.54) is 4.88 Å². The number of hydrogen-bond donors (Lipinski definition) is 1. The van der Waals surface area contributed by atoms with Gasteiger partial charge in [-0.25, -0.2) is 9.97 Å². The van der Waals surface area contributed by atoms with E-state index >= 15 is 0 Å². The summed E-state index contributed by atoms with van der Waals surface area (Å²) in [4.78, 5) is 10.3. The van der Waals surface area contributed by atoms with Crippen LogP contribution >= 0.6 is 27.3 Å². The Balaban J connectivity index is 1.99. The predicted molar refractivity (Wildman–Crippen MR) is 94.9 cm³/mol. The second kappa shape index (κ2) is 6.22. The minimum atomic E-state index is 0.177. The third-order valence-corrected chi connectivity index (χ3v) is 5.26. The molecule has 0 aliphatic carbocycles. The summed E-state index contributed by atoms with van der Waals surface area (Å²) in [6.07, 6.45) is 0. The van der Waals surface area contributed by atoms with Crippen molar-refractivity contribution in [3.05, 3.63) is 44.8 Å². The van der Waals surface area contributed by atoms with Crippen LogP contribution in [0.5, 0.6) is 5.75 Å². The molecule has 0 bridgehead atoms. The van der Waals surface area contributed by atoms with Gasteiger partial charge in [0.1, 0.15) is 17.4 Å². The molecule has 0 fully saturated rings.